The fraction of sp³-hybridized carbons (Fsp3) is 0.500. The van der Waals surface area contributed by atoms with Crippen LogP contribution in [0, 0.1) is 11.2 Å². The number of benzene rings is 1. The van der Waals surface area contributed by atoms with Crippen molar-refractivity contribution in [3.63, 3.8) is 0 Å². The van der Waals surface area contributed by atoms with E-state index in [9.17, 15) is 4.39 Å². The standard InChI is InChI=1S/C12H16FNO/c1-12(2)6-11(12)14-7-8-3-4-10(15)9(13)5-8/h3-5,11,14-15H,6-7H2,1-2H3. The molecule has 0 heterocycles. The van der Waals surface area contributed by atoms with E-state index in [0.29, 0.717) is 18.0 Å². The van der Waals surface area contributed by atoms with E-state index >= 15 is 0 Å². The minimum atomic E-state index is -0.552. The molecule has 1 aromatic carbocycles. The van der Waals surface area contributed by atoms with Crippen LogP contribution in [0.4, 0.5) is 4.39 Å². The maximum Gasteiger partial charge on any atom is 0.165 e. The monoisotopic (exact) mass is 209 g/mol. The van der Waals surface area contributed by atoms with Crippen molar-refractivity contribution in [3.05, 3.63) is 29.6 Å². The molecule has 1 atom stereocenters. The van der Waals surface area contributed by atoms with Crippen LogP contribution in [-0.4, -0.2) is 11.1 Å². The second kappa shape index (κ2) is 3.49. The summed E-state index contributed by atoms with van der Waals surface area (Å²) >= 11 is 0. The average molecular weight is 209 g/mol. The van der Waals surface area contributed by atoms with E-state index in [-0.39, 0.29) is 5.75 Å². The molecule has 1 fully saturated rings. The Morgan fingerprint density at radius 3 is 2.73 bits per heavy atom. The molecule has 0 amide bonds. The molecule has 2 N–H and O–H groups in total. The highest BCUT2D eigenvalue weighted by atomic mass is 19.1. The zero-order valence-electron chi connectivity index (χ0n) is 9.05. The van der Waals surface area contributed by atoms with Gasteiger partial charge in [0.15, 0.2) is 11.6 Å². The quantitative estimate of drug-likeness (QED) is 0.801. The molecular formula is C12H16FNO. The van der Waals surface area contributed by atoms with Crippen molar-refractivity contribution in [1.82, 2.24) is 5.32 Å². The summed E-state index contributed by atoms with van der Waals surface area (Å²) < 4.78 is 13.0. The summed E-state index contributed by atoms with van der Waals surface area (Å²) in [6.07, 6.45) is 1.17. The second-order valence-electron chi connectivity index (χ2n) is 4.91. The van der Waals surface area contributed by atoms with Crippen molar-refractivity contribution in [2.45, 2.75) is 32.9 Å². The Morgan fingerprint density at radius 2 is 2.20 bits per heavy atom. The number of hydrogen-bond donors (Lipinski definition) is 2. The lowest BCUT2D eigenvalue weighted by molar-refractivity contribution is 0.431. The first-order valence-corrected chi connectivity index (χ1v) is 5.20. The molecule has 15 heavy (non-hydrogen) atoms. The molecule has 3 heteroatoms. The van der Waals surface area contributed by atoms with Crippen molar-refractivity contribution >= 4 is 0 Å². The number of halogens is 1. The normalized spacial score (nSPS) is 22.7. The first-order chi connectivity index (χ1) is 6.99. The summed E-state index contributed by atoms with van der Waals surface area (Å²) in [4.78, 5) is 0. The number of phenols is 1. The van der Waals surface area contributed by atoms with Crippen LogP contribution < -0.4 is 5.32 Å². The van der Waals surface area contributed by atoms with Gasteiger partial charge in [0.05, 0.1) is 0 Å². The molecule has 1 aliphatic rings. The third-order valence-electron chi connectivity index (χ3n) is 3.08. The van der Waals surface area contributed by atoms with Crippen molar-refractivity contribution in [2.75, 3.05) is 0 Å². The largest absolute Gasteiger partial charge is 0.505 e. The van der Waals surface area contributed by atoms with Crippen molar-refractivity contribution in [3.8, 4) is 5.75 Å². The first kappa shape index (κ1) is 10.4. The smallest absolute Gasteiger partial charge is 0.165 e. The second-order valence-corrected chi connectivity index (χ2v) is 4.91. The van der Waals surface area contributed by atoms with E-state index in [1.165, 1.54) is 18.6 Å². The lowest BCUT2D eigenvalue weighted by Gasteiger charge is -2.07. The molecule has 82 valence electrons. The Bertz CT molecular complexity index is 376. The summed E-state index contributed by atoms with van der Waals surface area (Å²) in [5.41, 5.74) is 1.25. The lowest BCUT2D eigenvalue weighted by Crippen LogP contribution is -2.19. The van der Waals surface area contributed by atoms with Crippen LogP contribution >= 0.6 is 0 Å². The average Bonchev–Trinajstić information content (AvgIpc) is 2.77. The Balaban J connectivity index is 1.92. The molecule has 0 spiro atoms. The van der Waals surface area contributed by atoms with Gasteiger partial charge < -0.3 is 10.4 Å². The molecule has 0 aliphatic heterocycles. The highest BCUT2D eigenvalue weighted by Crippen LogP contribution is 2.44. The lowest BCUT2D eigenvalue weighted by atomic mass is 10.1. The van der Waals surface area contributed by atoms with Gasteiger partial charge in [-0.1, -0.05) is 19.9 Å². The Kier molecular flexibility index (Phi) is 2.43. The molecule has 0 saturated heterocycles. The van der Waals surface area contributed by atoms with Gasteiger partial charge in [-0.15, -0.1) is 0 Å². The number of aromatic hydroxyl groups is 1. The third kappa shape index (κ3) is 2.29. The number of phenolic OH excluding ortho intramolecular Hbond substituents is 1. The van der Waals surface area contributed by atoms with Gasteiger partial charge in [-0.25, -0.2) is 4.39 Å². The highest BCUT2D eigenvalue weighted by Gasteiger charge is 2.44. The van der Waals surface area contributed by atoms with Gasteiger partial charge in [-0.05, 0) is 29.5 Å². The molecule has 1 saturated carbocycles. The Hall–Kier alpha value is -1.09. The zero-order chi connectivity index (χ0) is 11.1. The predicted molar refractivity (Wildman–Crippen MR) is 57.1 cm³/mol. The summed E-state index contributed by atoms with van der Waals surface area (Å²) in [5, 5.41) is 12.4. The van der Waals surface area contributed by atoms with E-state index < -0.39 is 5.82 Å². The van der Waals surface area contributed by atoms with Crippen molar-refractivity contribution in [1.29, 1.82) is 0 Å². The predicted octanol–water partition coefficient (Wildman–Crippen LogP) is 2.42. The maximum atomic E-state index is 13.0. The van der Waals surface area contributed by atoms with Gasteiger partial charge >= 0.3 is 0 Å². The summed E-state index contributed by atoms with van der Waals surface area (Å²) in [6.45, 7) is 5.08. The van der Waals surface area contributed by atoms with E-state index in [4.69, 9.17) is 5.11 Å². The molecule has 2 nitrogen and oxygen atoms in total. The molecule has 2 rings (SSSR count). The minimum Gasteiger partial charge on any atom is -0.505 e. The molecule has 1 aromatic rings. The van der Waals surface area contributed by atoms with E-state index in [2.05, 4.69) is 19.2 Å². The van der Waals surface area contributed by atoms with Crippen molar-refractivity contribution in [2.24, 2.45) is 5.41 Å². The third-order valence-corrected chi connectivity index (χ3v) is 3.08. The fourth-order valence-corrected chi connectivity index (χ4v) is 1.72. The molecule has 0 bridgehead atoms. The van der Waals surface area contributed by atoms with Crippen LogP contribution in [0.25, 0.3) is 0 Å². The summed E-state index contributed by atoms with van der Waals surface area (Å²) in [7, 11) is 0. The molecule has 1 aliphatic carbocycles. The molecule has 0 radical (unpaired) electrons. The topological polar surface area (TPSA) is 32.3 Å². The Labute approximate surface area is 89.1 Å². The van der Waals surface area contributed by atoms with Crippen LogP contribution in [0.1, 0.15) is 25.8 Å². The zero-order valence-corrected chi connectivity index (χ0v) is 9.05. The SMILES string of the molecule is CC1(C)CC1NCc1ccc(O)c(F)c1. The molecular weight excluding hydrogens is 193 g/mol. The minimum absolute atomic E-state index is 0.287. The van der Waals surface area contributed by atoms with Gasteiger partial charge in [0.2, 0.25) is 0 Å². The van der Waals surface area contributed by atoms with E-state index in [0.717, 1.165) is 5.56 Å². The van der Waals surface area contributed by atoms with Crippen LogP contribution in [0.3, 0.4) is 0 Å². The van der Waals surface area contributed by atoms with Crippen LogP contribution in [0.15, 0.2) is 18.2 Å². The van der Waals surface area contributed by atoms with Gasteiger partial charge in [0, 0.05) is 12.6 Å². The highest BCUT2D eigenvalue weighted by molar-refractivity contribution is 5.28. The molecule has 0 aromatic heterocycles. The first-order valence-electron chi connectivity index (χ1n) is 5.20. The number of rotatable bonds is 3. The van der Waals surface area contributed by atoms with Gasteiger partial charge in [-0.2, -0.15) is 0 Å². The molecule has 1 unspecified atom stereocenters. The summed E-state index contributed by atoms with van der Waals surface area (Å²) in [5.74, 6) is -0.838. The summed E-state index contributed by atoms with van der Waals surface area (Å²) in [6, 6.07) is 5.04. The van der Waals surface area contributed by atoms with Crippen molar-refractivity contribution < 1.29 is 9.50 Å². The van der Waals surface area contributed by atoms with Crippen LogP contribution in [-0.2, 0) is 6.54 Å². The van der Waals surface area contributed by atoms with Gasteiger partial charge in [-0.3, -0.25) is 0 Å². The number of nitrogens with one attached hydrogen (secondary N) is 1. The fourth-order valence-electron chi connectivity index (χ4n) is 1.72. The Morgan fingerprint density at radius 1 is 1.53 bits per heavy atom. The van der Waals surface area contributed by atoms with Gasteiger partial charge in [0.1, 0.15) is 0 Å². The van der Waals surface area contributed by atoms with E-state index in [1.807, 2.05) is 0 Å². The van der Waals surface area contributed by atoms with Crippen LogP contribution in [0.2, 0.25) is 0 Å². The number of hydrogen-bond acceptors (Lipinski definition) is 2. The maximum absolute atomic E-state index is 13.0. The van der Waals surface area contributed by atoms with Crippen LogP contribution in [0.5, 0.6) is 5.75 Å². The van der Waals surface area contributed by atoms with Gasteiger partial charge in [0.25, 0.3) is 0 Å². The van der Waals surface area contributed by atoms with E-state index in [1.54, 1.807) is 6.07 Å².